The second kappa shape index (κ2) is 7.66. The molecule has 6 heteroatoms. The van der Waals surface area contributed by atoms with Gasteiger partial charge in [0.05, 0.1) is 11.4 Å². The Labute approximate surface area is 164 Å². The van der Waals surface area contributed by atoms with Crippen LogP contribution in [0.15, 0.2) is 58.4 Å². The summed E-state index contributed by atoms with van der Waals surface area (Å²) in [7, 11) is 4.16. The Bertz CT molecular complexity index is 975. The first-order valence-electron chi connectivity index (χ1n) is 9.04. The van der Waals surface area contributed by atoms with Crippen molar-refractivity contribution in [1.29, 1.82) is 0 Å². The van der Waals surface area contributed by atoms with Crippen molar-refractivity contribution in [2.75, 3.05) is 26.9 Å². The zero-order valence-corrected chi connectivity index (χ0v) is 16.7. The first-order valence-corrected chi connectivity index (χ1v) is 10.3. The number of thioether (sulfide) groups is 1. The molecule has 1 aromatic heterocycles. The van der Waals surface area contributed by atoms with Gasteiger partial charge in [-0.05, 0) is 38.6 Å². The van der Waals surface area contributed by atoms with Gasteiger partial charge < -0.3 is 4.90 Å². The minimum atomic E-state index is 0.530. The number of aromatic nitrogens is 3. The Kier molecular flexibility index (Phi) is 5.09. The Morgan fingerprint density at radius 1 is 1.07 bits per heavy atom. The summed E-state index contributed by atoms with van der Waals surface area (Å²) in [4.78, 5) is 8.33. The fraction of sp³-hybridized carbons (Fsp3) is 0.286. The topological polar surface area (TPSA) is 46.3 Å². The highest BCUT2D eigenvalue weighted by Crippen LogP contribution is 2.29. The van der Waals surface area contributed by atoms with E-state index in [1.807, 2.05) is 6.07 Å². The van der Waals surface area contributed by atoms with Crippen LogP contribution in [0.4, 0.5) is 0 Å². The van der Waals surface area contributed by atoms with Crippen molar-refractivity contribution in [2.24, 2.45) is 4.99 Å². The minimum Gasteiger partial charge on any atom is -0.309 e. The van der Waals surface area contributed by atoms with Gasteiger partial charge in [0.25, 0.3) is 0 Å². The summed E-state index contributed by atoms with van der Waals surface area (Å²) in [6.07, 6.45) is 2.95. The van der Waals surface area contributed by atoms with Gasteiger partial charge in [-0.1, -0.05) is 30.3 Å². The van der Waals surface area contributed by atoms with Crippen LogP contribution < -0.4 is 0 Å². The summed E-state index contributed by atoms with van der Waals surface area (Å²) >= 11 is 1.75. The average molecular weight is 378 g/mol. The van der Waals surface area contributed by atoms with Crippen LogP contribution in [0, 0.1) is 0 Å². The predicted molar refractivity (Wildman–Crippen MR) is 111 cm³/mol. The van der Waals surface area contributed by atoms with E-state index in [0.29, 0.717) is 6.54 Å². The van der Waals surface area contributed by atoms with Crippen molar-refractivity contribution in [3.8, 4) is 5.69 Å². The first kappa shape index (κ1) is 17.9. The number of benzene rings is 2. The number of hydrogen-bond acceptors (Lipinski definition) is 5. The van der Waals surface area contributed by atoms with Gasteiger partial charge in [-0.25, -0.2) is 0 Å². The largest absolute Gasteiger partial charge is 0.309 e. The Morgan fingerprint density at radius 2 is 1.89 bits per heavy atom. The zero-order chi connectivity index (χ0) is 18.8. The van der Waals surface area contributed by atoms with Crippen molar-refractivity contribution < 1.29 is 0 Å². The van der Waals surface area contributed by atoms with Crippen LogP contribution >= 0.6 is 11.8 Å². The molecule has 2 heterocycles. The molecule has 1 aliphatic heterocycles. The Balaban J connectivity index is 1.88. The van der Waals surface area contributed by atoms with Crippen LogP contribution in [0.25, 0.3) is 5.69 Å². The summed E-state index contributed by atoms with van der Waals surface area (Å²) in [6, 6.07) is 17.0. The van der Waals surface area contributed by atoms with Crippen molar-refractivity contribution in [3.63, 3.8) is 0 Å². The van der Waals surface area contributed by atoms with Crippen LogP contribution in [0.2, 0.25) is 0 Å². The van der Waals surface area contributed by atoms with E-state index in [9.17, 15) is 0 Å². The SMILES string of the molecule is CSc1ccc2c(c1)C(c1ccccc1)=NCc1nnc(CCN(C)C)n1-2. The molecule has 0 N–H and O–H groups in total. The molecule has 0 bridgehead atoms. The number of fused-ring (bicyclic) bond motifs is 3. The lowest BCUT2D eigenvalue weighted by Crippen LogP contribution is -2.18. The van der Waals surface area contributed by atoms with Crippen molar-refractivity contribution >= 4 is 17.5 Å². The van der Waals surface area contributed by atoms with Crippen molar-refractivity contribution in [2.45, 2.75) is 17.9 Å². The molecular formula is C21H23N5S. The number of likely N-dealkylation sites (N-methyl/N-ethyl adjacent to an activating group) is 1. The normalized spacial score (nSPS) is 13.1. The summed E-state index contributed by atoms with van der Waals surface area (Å²) in [6.45, 7) is 1.46. The molecule has 1 aliphatic rings. The molecule has 0 atom stereocenters. The van der Waals surface area contributed by atoms with Gasteiger partial charge in [0.2, 0.25) is 0 Å². The standard InChI is InChI=1S/C21H23N5S/c1-25(2)12-11-19-23-24-20-14-22-21(15-7-5-4-6-8-15)17-13-16(27-3)9-10-18(17)26(19)20/h4-10,13H,11-12,14H2,1-3H3. The lowest BCUT2D eigenvalue weighted by Gasteiger charge is -2.15. The number of nitrogens with zero attached hydrogens (tertiary/aromatic N) is 5. The number of hydrogen-bond donors (Lipinski definition) is 0. The highest BCUT2D eigenvalue weighted by molar-refractivity contribution is 7.98. The number of rotatable bonds is 5. The Hall–Kier alpha value is -2.44. The van der Waals surface area contributed by atoms with Gasteiger partial charge in [-0.3, -0.25) is 9.56 Å². The molecule has 0 fully saturated rings. The molecule has 4 rings (SSSR count). The van der Waals surface area contributed by atoms with Gasteiger partial charge in [-0.15, -0.1) is 22.0 Å². The van der Waals surface area contributed by atoms with Gasteiger partial charge in [0.15, 0.2) is 5.82 Å². The molecule has 0 amide bonds. The smallest absolute Gasteiger partial charge is 0.159 e. The second-order valence-electron chi connectivity index (χ2n) is 6.84. The van der Waals surface area contributed by atoms with Crippen LogP contribution in [0.5, 0.6) is 0 Å². The van der Waals surface area contributed by atoms with E-state index in [-0.39, 0.29) is 0 Å². The van der Waals surface area contributed by atoms with E-state index in [2.05, 4.69) is 82.5 Å². The average Bonchev–Trinajstić information content (AvgIpc) is 3.02. The monoisotopic (exact) mass is 377 g/mol. The van der Waals surface area contributed by atoms with Gasteiger partial charge >= 0.3 is 0 Å². The van der Waals surface area contributed by atoms with E-state index >= 15 is 0 Å². The first-order chi connectivity index (χ1) is 13.2. The molecule has 0 saturated heterocycles. The summed E-state index contributed by atoms with van der Waals surface area (Å²) in [5.41, 5.74) is 4.40. The third-order valence-electron chi connectivity index (χ3n) is 4.71. The van der Waals surface area contributed by atoms with Crippen LogP contribution in [0.3, 0.4) is 0 Å². The maximum Gasteiger partial charge on any atom is 0.159 e. The fourth-order valence-corrected chi connectivity index (χ4v) is 3.76. The fourth-order valence-electron chi connectivity index (χ4n) is 3.32. The highest BCUT2D eigenvalue weighted by Gasteiger charge is 2.23. The van der Waals surface area contributed by atoms with Gasteiger partial charge in [0.1, 0.15) is 12.4 Å². The molecule has 3 aromatic rings. The summed E-state index contributed by atoms with van der Waals surface area (Å²) < 4.78 is 2.20. The third-order valence-corrected chi connectivity index (χ3v) is 5.43. The molecule has 0 unspecified atom stereocenters. The van der Waals surface area contributed by atoms with Gasteiger partial charge in [-0.2, -0.15) is 0 Å². The molecular weight excluding hydrogens is 354 g/mol. The molecule has 0 aliphatic carbocycles. The molecule has 27 heavy (non-hydrogen) atoms. The van der Waals surface area contributed by atoms with Crippen LogP contribution in [-0.4, -0.2) is 52.3 Å². The zero-order valence-electron chi connectivity index (χ0n) is 15.9. The molecule has 138 valence electrons. The second-order valence-corrected chi connectivity index (χ2v) is 7.71. The van der Waals surface area contributed by atoms with E-state index < -0.39 is 0 Å². The minimum absolute atomic E-state index is 0.530. The van der Waals surface area contributed by atoms with Gasteiger partial charge in [0, 0.05) is 29.0 Å². The molecule has 0 spiro atoms. The van der Waals surface area contributed by atoms with E-state index in [0.717, 1.165) is 47.1 Å². The summed E-state index contributed by atoms with van der Waals surface area (Å²) in [5.74, 6) is 1.88. The lowest BCUT2D eigenvalue weighted by molar-refractivity contribution is 0.408. The van der Waals surface area contributed by atoms with E-state index in [1.54, 1.807) is 11.8 Å². The molecule has 0 saturated carbocycles. The molecule has 2 aromatic carbocycles. The van der Waals surface area contributed by atoms with Crippen LogP contribution in [0.1, 0.15) is 22.8 Å². The molecule has 5 nitrogen and oxygen atoms in total. The Morgan fingerprint density at radius 3 is 2.63 bits per heavy atom. The van der Waals surface area contributed by atoms with Crippen LogP contribution in [-0.2, 0) is 13.0 Å². The summed E-state index contributed by atoms with van der Waals surface area (Å²) in [5, 5.41) is 8.91. The van der Waals surface area contributed by atoms with E-state index in [1.165, 1.54) is 4.90 Å². The maximum atomic E-state index is 4.93. The van der Waals surface area contributed by atoms with Crippen molar-refractivity contribution in [1.82, 2.24) is 19.7 Å². The lowest BCUT2D eigenvalue weighted by atomic mass is 10.0. The predicted octanol–water partition coefficient (Wildman–Crippen LogP) is 3.44. The number of aliphatic imine (C=N–C) groups is 1. The van der Waals surface area contributed by atoms with Crippen molar-refractivity contribution in [3.05, 3.63) is 71.3 Å². The highest BCUT2D eigenvalue weighted by atomic mass is 32.2. The quantitative estimate of drug-likeness (QED) is 0.639. The van der Waals surface area contributed by atoms with E-state index in [4.69, 9.17) is 4.99 Å². The third kappa shape index (κ3) is 3.55. The maximum absolute atomic E-state index is 4.93. The molecule has 0 radical (unpaired) electrons.